The first-order valence-electron chi connectivity index (χ1n) is 13.1. The number of hydrogen-bond acceptors (Lipinski definition) is 4. The monoisotopic (exact) mass is 505 g/mol. The number of fused-ring (bicyclic) bond motifs is 1. The molecular weight excluding hydrogens is 471 g/mol. The summed E-state index contributed by atoms with van der Waals surface area (Å²) in [5.41, 5.74) is 1.76. The fourth-order valence-electron chi connectivity index (χ4n) is 6.18. The number of benzene rings is 1. The average molecular weight is 506 g/mol. The van der Waals surface area contributed by atoms with Gasteiger partial charge in [0, 0.05) is 47.9 Å². The molecule has 36 heavy (non-hydrogen) atoms. The largest absolute Gasteiger partial charge is 0.376 e. The van der Waals surface area contributed by atoms with Gasteiger partial charge in [-0.05, 0) is 63.0 Å². The van der Waals surface area contributed by atoms with E-state index in [1.54, 1.807) is 12.1 Å². The van der Waals surface area contributed by atoms with Crippen LogP contribution in [0.25, 0.3) is 0 Å². The Labute approximate surface area is 209 Å². The summed E-state index contributed by atoms with van der Waals surface area (Å²) < 4.78 is 47.7. The highest BCUT2D eigenvalue weighted by Crippen LogP contribution is 2.33. The van der Waals surface area contributed by atoms with Crippen LogP contribution < -0.4 is 10.6 Å². The van der Waals surface area contributed by atoms with Gasteiger partial charge in [0.25, 0.3) is 5.91 Å². The lowest BCUT2D eigenvalue weighted by molar-refractivity contribution is -0.126. The van der Waals surface area contributed by atoms with Crippen molar-refractivity contribution in [2.45, 2.75) is 95.0 Å². The van der Waals surface area contributed by atoms with E-state index in [1.807, 2.05) is 0 Å². The highest BCUT2D eigenvalue weighted by molar-refractivity contribution is 6.01. The summed E-state index contributed by atoms with van der Waals surface area (Å²) in [5, 5.41) is 6.32. The lowest BCUT2D eigenvalue weighted by Gasteiger charge is -2.37. The van der Waals surface area contributed by atoms with Gasteiger partial charge in [-0.15, -0.1) is 0 Å². The molecule has 1 saturated carbocycles. The third kappa shape index (κ3) is 5.05. The van der Waals surface area contributed by atoms with E-state index >= 15 is 4.39 Å². The van der Waals surface area contributed by atoms with Gasteiger partial charge in [-0.25, -0.2) is 13.2 Å². The van der Waals surface area contributed by atoms with E-state index in [4.69, 9.17) is 4.74 Å². The van der Waals surface area contributed by atoms with Gasteiger partial charge in [-0.2, -0.15) is 0 Å². The third-order valence-electron chi connectivity index (χ3n) is 8.28. The summed E-state index contributed by atoms with van der Waals surface area (Å²) in [7, 11) is 0. The van der Waals surface area contributed by atoms with Gasteiger partial charge in [-0.1, -0.05) is 12.6 Å². The molecule has 0 radical (unpaired) electrons. The molecule has 1 aromatic rings. The summed E-state index contributed by atoms with van der Waals surface area (Å²) >= 11 is 0. The van der Waals surface area contributed by atoms with E-state index in [9.17, 15) is 18.4 Å². The maximum atomic E-state index is 15.7. The number of nitrogens with zero attached hydrogens (tertiary/aromatic N) is 1. The van der Waals surface area contributed by atoms with E-state index in [2.05, 4.69) is 17.2 Å². The summed E-state index contributed by atoms with van der Waals surface area (Å²) in [6.07, 6.45) is 3.18. The molecule has 2 amide bonds. The number of hydrogen-bond donors (Lipinski definition) is 2. The van der Waals surface area contributed by atoms with Crippen molar-refractivity contribution in [3.63, 3.8) is 0 Å². The van der Waals surface area contributed by atoms with Gasteiger partial charge in [0.15, 0.2) is 0 Å². The molecule has 1 aliphatic carbocycles. The van der Waals surface area contributed by atoms with E-state index in [0.29, 0.717) is 73.9 Å². The summed E-state index contributed by atoms with van der Waals surface area (Å²) in [6.45, 7) is 4.44. The molecule has 0 aromatic heterocycles. The Balaban J connectivity index is 1.26. The maximum Gasteiger partial charge on any atom is 0.255 e. The molecular formula is C27H34F3N3O3. The molecule has 2 N–H and O–H groups in total. The zero-order chi connectivity index (χ0) is 25.4. The van der Waals surface area contributed by atoms with Crippen molar-refractivity contribution in [2.24, 2.45) is 5.92 Å². The molecule has 196 valence electrons. The lowest BCUT2D eigenvalue weighted by atomic mass is 9.85. The van der Waals surface area contributed by atoms with E-state index in [-0.39, 0.29) is 36.5 Å². The molecule has 6 nitrogen and oxygen atoms in total. The Hall–Kier alpha value is -2.39. The first-order valence-corrected chi connectivity index (χ1v) is 13.1. The number of carbonyl (C=O) groups excluding carboxylic acids is 2. The Morgan fingerprint density at radius 1 is 1.14 bits per heavy atom. The second kappa shape index (κ2) is 10.5. The first-order chi connectivity index (χ1) is 17.3. The van der Waals surface area contributed by atoms with E-state index < -0.39 is 24.2 Å². The van der Waals surface area contributed by atoms with Crippen molar-refractivity contribution in [1.82, 2.24) is 15.5 Å². The molecule has 2 saturated heterocycles. The Bertz CT molecular complexity index is 1030. The van der Waals surface area contributed by atoms with Crippen molar-refractivity contribution in [3.05, 3.63) is 46.9 Å². The molecule has 3 atom stereocenters. The number of rotatable bonds is 6. The number of amides is 2. The van der Waals surface area contributed by atoms with Gasteiger partial charge in [0.05, 0.1) is 12.6 Å². The summed E-state index contributed by atoms with van der Waals surface area (Å²) in [4.78, 5) is 26.9. The molecule has 3 heterocycles. The number of carbonyl (C=O) groups is 2. The second-order valence-corrected chi connectivity index (χ2v) is 10.6. The predicted molar refractivity (Wildman–Crippen MR) is 128 cm³/mol. The van der Waals surface area contributed by atoms with Crippen LogP contribution in [0.3, 0.4) is 0 Å². The molecule has 9 heteroatoms. The fourth-order valence-corrected chi connectivity index (χ4v) is 6.18. The molecule has 4 aliphatic rings. The van der Waals surface area contributed by atoms with Crippen LogP contribution in [0.2, 0.25) is 0 Å². The lowest BCUT2D eigenvalue weighted by Crippen LogP contribution is -2.50. The van der Waals surface area contributed by atoms with Crippen LogP contribution in [0.15, 0.2) is 24.4 Å². The molecule has 0 bridgehead atoms. The standard InChI is InChI=1S/C27H34F3N3O3/c1-15-4-11-22(26(34)31-15)33-14-20-19(27(33)35)10-7-17(24(20)28)13-23-21(3-2-12-36-23)32-18-8-5-16(6-9-18)25(29)30/h7,10,16,18,21-23,25,32H,1-6,8-9,11-14H2,(H,31,34)/t16?,18?,21-,22+,23+/m0/s1. The van der Waals surface area contributed by atoms with Crippen molar-refractivity contribution >= 4 is 11.8 Å². The molecule has 3 fully saturated rings. The van der Waals surface area contributed by atoms with Crippen LogP contribution in [0.1, 0.15) is 72.9 Å². The number of piperidine rings is 1. The second-order valence-electron chi connectivity index (χ2n) is 10.6. The SMILES string of the molecule is C=C1CC[C@@H](N2Cc3c(ccc(C[C@H]4OCCC[C@@H]4NC4CCC(C(F)F)CC4)c3F)C2=O)C(=O)N1. The Morgan fingerprint density at radius 2 is 1.92 bits per heavy atom. The summed E-state index contributed by atoms with van der Waals surface area (Å²) in [5.74, 6) is -1.52. The maximum absolute atomic E-state index is 15.7. The highest BCUT2D eigenvalue weighted by Gasteiger charge is 2.40. The van der Waals surface area contributed by atoms with Gasteiger partial charge >= 0.3 is 0 Å². The van der Waals surface area contributed by atoms with Crippen molar-refractivity contribution in [2.75, 3.05) is 6.61 Å². The van der Waals surface area contributed by atoms with Crippen LogP contribution in [0.5, 0.6) is 0 Å². The fraction of sp³-hybridized carbons (Fsp3) is 0.630. The molecule has 3 aliphatic heterocycles. The van der Waals surface area contributed by atoms with Crippen molar-refractivity contribution in [1.29, 1.82) is 0 Å². The minimum absolute atomic E-state index is 0.0247. The minimum atomic E-state index is -2.26. The smallest absolute Gasteiger partial charge is 0.255 e. The minimum Gasteiger partial charge on any atom is -0.376 e. The molecule has 5 rings (SSSR count). The molecule has 1 aromatic carbocycles. The Kier molecular flexibility index (Phi) is 7.40. The van der Waals surface area contributed by atoms with Gasteiger partial charge in [-0.3, -0.25) is 9.59 Å². The van der Waals surface area contributed by atoms with Crippen LogP contribution in [0.4, 0.5) is 13.2 Å². The highest BCUT2D eigenvalue weighted by atomic mass is 19.3. The third-order valence-corrected chi connectivity index (χ3v) is 8.28. The number of halogens is 3. The molecule has 0 unspecified atom stereocenters. The normalized spacial score (nSPS) is 31.1. The van der Waals surface area contributed by atoms with Gasteiger partial charge in [0.2, 0.25) is 12.3 Å². The molecule has 0 spiro atoms. The number of ether oxygens (including phenoxy) is 1. The Morgan fingerprint density at radius 3 is 2.64 bits per heavy atom. The predicted octanol–water partition coefficient (Wildman–Crippen LogP) is 4.08. The van der Waals surface area contributed by atoms with Crippen LogP contribution >= 0.6 is 0 Å². The van der Waals surface area contributed by atoms with Gasteiger partial charge < -0.3 is 20.3 Å². The zero-order valence-corrected chi connectivity index (χ0v) is 20.4. The zero-order valence-electron chi connectivity index (χ0n) is 20.4. The number of alkyl halides is 2. The van der Waals surface area contributed by atoms with Crippen LogP contribution in [-0.2, 0) is 22.5 Å². The van der Waals surface area contributed by atoms with Gasteiger partial charge in [0.1, 0.15) is 11.9 Å². The van der Waals surface area contributed by atoms with Crippen LogP contribution in [-0.4, -0.2) is 54.0 Å². The van der Waals surface area contributed by atoms with E-state index in [1.165, 1.54) is 4.90 Å². The van der Waals surface area contributed by atoms with E-state index in [0.717, 1.165) is 12.8 Å². The summed E-state index contributed by atoms with van der Waals surface area (Å²) in [6, 6.07) is 2.88. The topological polar surface area (TPSA) is 70.7 Å². The number of allylic oxidation sites excluding steroid dienone is 1. The van der Waals surface area contributed by atoms with Crippen molar-refractivity contribution < 1.29 is 27.5 Å². The quantitative estimate of drug-likeness (QED) is 0.612. The van der Waals surface area contributed by atoms with Crippen LogP contribution in [0, 0.1) is 11.7 Å². The van der Waals surface area contributed by atoms with Crippen molar-refractivity contribution in [3.8, 4) is 0 Å². The average Bonchev–Trinajstić information content (AvgIpc) is 3.19. The number of nitrogens with one attached hydrogen (secondary N) is 2. The first kappa shape index (κ1) is 25.3.